The number of hydrogen-bond acceptors (Lipinski definition) is 5. The fraction of sp³-hybridized carbons (Fsp3) is 0.0952. The molecule has 2 N–H and O–H groups in total. The smallest absolute Gasteiger partial charge is 0.275 e. The number of thiophene rings is 1. The summed E-state index contributed by atoms with van der Waals surface area (Å²) in [6, 6.07) is 17.8. The molecule has 0 aliphatic heterocycles. The van der Waals surface area contributed by atoms with Crippen molar-refractivity contribution < 1.29 is 14.3 Å². The van der Waals surface area contributed by atoms with Crippen LogP contribution in [0.5, 0.6) is 5.75 Å². The number of anilines is 1. The van der Waals surface area contributed by atoms with Crippen LogP contribution in [-0.2, 0) is 0 Å². The maximum atomic E-state index is 12.3. The van der Waals surface area contributed by atoms with Crippen LogP contribution in [-0.4, -0.2) is 24.6 Å². The molecule has 6 nitrogen and oxygen atoms in total. The van der Waals surface area contributed by atoms with Crippen LogP contribution in [0.15, 0.2) is 71.1 Å². The molecule has 0 fully saturated rings. The largest absolute Gasteiger partial charge is 0.496 e. The average molecular weight is 393 g/mol. The first-order valence-electron chi connectivity index (χ1n) is 8.51. The molecule has 0 radical (unpaired) electrons. The number of para-hydroxylation sites is 1. The van der Waals surface area contributed by atoms with E-state index in [9.17, 15) is 9.59 Å². The van der Waals surface area contributed by atoms with Crippen LogP contribution >= 0.6 is 11.3 Å². The Morgan fingerprint density at radius 2 is 1.71 bits per heavy atom. The molecular weight excluding hydrogens is 374 g/mol. The van der Waals surface area contributed by atoms with Crippen molar-refractivity contribution in [3.63, 3.8) is 0 Å². The molecule has 3 rings (SSSR count). The van der Waals surface area contributed by atoms with Crippen molar-refractivity contribution in [1.29, 1.82) is 0 Å². The highest BCUT2D eigenvalue weighted by atomic mass is 32.1. The molecule has 2 aromatic carbocycles. The van der Waals surface area contributed by atoms with E-state index in [0.29, 0.717) is 27.6 Å². The van der Waals surface area contributed by atoms with Gasteiger partial charge in [-0.25, -0.2) is 5.43 Å². The molecule has 3 aromatic rings. The molecule has 0 saturated heterocycles. The van der Waals surface area contributed by atoms with Gasteiger partial charge in [-0.2, -0.15) is 5.10 Å². The molecule has 0 atom stereocenters. The lowest BCUT2D eigenvalue weighted by molar-refractivity contribution is 0.0951. The third kappa shape index (κ3) is 4.63. The third-order valence-electron chi connectivity index (χ3n) is 3.98. The second kappa shape index (κ2) is 8.96. The zero-order chi connectivity index (χ0) is 19.9. The Bertz CT molecular complexity index is 996. The van der Waals surface area contributed by atoms with Gasteiger partial charge >= 0.3 is 0 Å². The first-order chi connectivity index (χ1) is 13.6. The number of nitrogens with one attached hydrogen (secondary N) is 2. The lowest BCUT2D eigenvalue weighted by Crippen LogP contribution is -2.20. The first kappa shape index (κ1) is 19.3. The molecule has 28 heavy (non-hydrogen) atoms. The molecular formula is C21H19N3O3S. The van der Waals surface area contributed by atoms with Crippen molar-refractivity contribution in [2.24, 2.45) is 5.10 Å². The van der Waals surface area contributed by atoms with E-state index in [1.807, 2.05) is 23.6 Å². The Labute approximate surface area is 166 Å². The van der Waals surface area contributed by atoms with Gasteiger partial charge in [0.2, 0.25) is 0 Å². The number of amides is 2. The second-order valence-electron chi connectivity index (χ2n) is 5.85. The van der Waals surface area contributed by atoms with Gasteiger partial charge in [0.25, 0.3) is 11.8 Å². The van der Waals surface area contributed by atoms with Crippen molar-refractivity contribution in [2.75, 3.05) is 12.4 Å². The fourth-order valence-corrected chi connectivity index (χ4v) is 3.11. The summed E-state index contributed by atoms with van der Waals surface area (Å²) in [6.45, 7) is 1.79. The summed E-state index contributed by atoms with van der Waals surface area (Å²) in [6.07, 6.45) is 0. The van der Waals surface area contributed by atoms with E-state index in [1.165, 1.54) is 18.4 Å². The quantitative estimate of drug-likeness (QED) is 0.487. The van der Waals surface area contributed by atoms with Crippen LogP contribution < -0.4 is 15.5 Å². The number of hydrazone groups is 1. The SMILES string of the molecule is COc1ccccc1C(=O)N/N=C(/C)c1ccc(NC(=O)c2cccs2)cc1. The number of ether oxygens (including phenoxy) is 1. The molecule has 7 heteroatoms. The van der Waals surface area contributed by atoms with Crippen molar-refractivity contribution in [3.05, 3.63) is 82.0 Å². The van der Waals surface area contributed by atoms with E-state index >= 15 is 0 Å². The highest BCUT2D eigenvalue weighted by Gasteiger charge is 2.11. The van der Waals surface area contributed by atoms with Gasteiger partial charge < -0.3 is 10.1 Å². The van der Waals surface area contributed by atoms with Crippen molar-refractivity contribution in [2.45, 2.75) is 6.92 Å². The molecule has 0 unspecified atom stereocenters. The number of carbonyl (C=O) groups excluding carboxylic acids is 2. The number of benzene rings is 2. The monoisotopic (exact) mass is 393 g/mol. The van der Waals surface area contributed by atoms with Crippen molar-refractivity contribution >= 4 is 34.6 Å². The van der Waals surface area contributed by atoms with Gasteiger partial charge in [-0.05, 0) is 48.2 Å². The minimum Gasteiger partial charge on any atom is -0.496 e. The Kier molecular flexibility index (Phi) is 6.18. The number of rotatable bonds is 6. The molecule has 1 aromatic heterocycles. The van der Waals surface area contributed by atoms with Crippen LogP contribution in [0, 0.1) is 0 Å². The van der Waals surface area contributed by atoms with Gasteiger partial charge in [0.15, 0.2) is 0 Å². The number of carbonyl (C=O) groups is 2. The lowest BCUT2D eigenvalue weighted by atomic mass is 10.1. The maximum Gasteiger partial charge on any atom is 0.275 e. The zero-order valence-electron chi connectivity index (χ0n) is 15.4. The van der Waals surface area contributed by atoms with Gasteiger partial charge in [-0.15, -0.1) is 11.3 Å². The van der Waals surface area contributed by atoms with Crippen molar-refractivity contribution in [1.82, 2.24) is 5.43 Å². The van der Waals surface area contributed by atoms with E-state index in [4.69, 9.17) is 4.74 Å². The molecule has 1 heterocycles. The van der Waals surface area contributed by atoms with Crippen LogP contribution in [0.1, 0.15) is 32.5 Å². The highest BCUT2D eigenvalue weighted by Crippen LogP contribution is 2.17. The molecule has 0 aliphatic rings. The third-order valence-corrected chi connectivity index (χ3v) is 4.85. The van der Waals surface area contributed by atoms with Crippen LogP contribution in [0.3, 0.4) is 0 Å². The topological polar surface area (TPSA) is 79.8 Å². The Hall–Kier alpha value is -3.45. The average Bonchev–Trinajstić information content (AvgIpc) is 3.27. The summed E-state index contributed by atoms with van der Waals surface area (Å²) in [5, 5.41) is 8.85. The lowest BCUT2D eigenvalue weighted by Gasteiger charge is -2.08. The first-order valence-corrected chi connectivity index (χ1v) is 9.39. The van der Waals surface area contributed by atoms with E-state index in [2.05, 4.69) is 15.8 Å². The van der Waals surface area contributed by atoms with Crippen molar-refractivity contribution in [3.8, 4) is 5.75 Å². The minimum absolute atomic E-state index is 0.141. The molecule has 2 amide bonds. The molecule has 0 aliphatic carbocycles. The summed E-state index contributed by atoms with van der Waals surface area (Å²) in [5.41, 5.74) is 5.10. The molecule has 142 valence electrons. The van der Waals surface area contributed by atoms with Crippen LogP contribution in [0.2, 0.25) is 0 Å². The predicted octanol–water partition coefficient (Wildman–Crippen LogP) is 4.16. The van der Waals surface area contributed by atoms with E-state index in [-0.39, 0.29) is 11.8 Å². The van der Waals surface area contributed by atoms with E-state index < -0.39 is 0 Å². The Morgan fingerprint density at radius 1 is 0.964 bits per heavy atom. The summed E-state index contributed by atoms with van der Waals surface area (Å²) in [4.78, 5) is 25.0. The maximum absolute atomic E-state index is 12.3. The number of methoxy groups -OCH3 is 1. The second-order valence-corrected chi connectivity index (χ2v) is 6.79. The normalized spacial score (nSPS) is 11.0. The van der Waals surface area contributed by atoms with Crippen LogP contribution in [0.4, 0.5) is 5.69 Å². The Balaban J connectivity index is 1.64. The standard InChI is InChI=1S/C21H19N3O3S/c1-14(23-24-20(25)17-6-3-4-7-18(17)27-2)15-9-11-16(12-10-15)22-21(26)19-8-5-13-28-19/h3-13H,1-2H3,(H,22,26)(H,24,25)/b23-14-. The predicted molar refractivity (Wildman–Crippen MR) is 111 cm³/mol. The fourth-order valence-electron chi connectivity index (χ4n) is 2.49. The Morgan fingerprint density at radius 3 is 2.39 bits per heavy atom. The molecule has 0 spiro atoms. The van der Waals surface area contributed by atoms with Gasteiger partial charge in [0, 0.05) is 5.69 Å². The van der Waals surface area contributed by atoms with Gasteiger partial charge in [0.1, 0.15) is 5.75 Å². The molecule has 0 saturated carbocycles. The van der Waals surface area contributed by atoms with Gasteiger partial charge in [0.05, 0.1) is 23.3 Å². The van der Waals surface area contributed by atoms with Crippen LogP contribution in [0.25, 0.3) is 0 Å². The molecule has 0 bridgehead atoms. The number of nitrogens with zero attached hydrogens (tertiary/aromatic N) is 1. The summed E-state index contributed by atoms with van der Waals surface area (Å²) in [5.74, 6) is -0.00692. The van der Waals surface area contributed by atoms with E-state index in [0.717, 1.165) is 5.56 Å². The highest BCUT2D eigenvalue weighted by molar-refractivity contribution is 7.12. The zero-order valence-corrected chi connectivity index (χ0v) is 16.2. The van der Waals surface area contributed by atoms with Gasteiger partial charge in [-0.3, -0.25) is 9.59 Å². The summed E-state index contributed by atoms with van der Waals surface area (Å²) in [7, 11) is 1.51. The minimum atomic E-state index is -0.350. The van der Waals surface area contributed by atoms with Gasteiger partial charge in [-0.1, -0.05) is 30.3 Å². The summed E-state index contributed by atoms with van der Waals surface area (Å²) < 4.78 is 5.19. The van der Waals surface area contributed by atoms with E-state index in [1.54, 1.807) is 49.4 Å². The number of hydrogen-bond donors (Lipinski definition) is 2. The summed E-state index contributed by atoms with van der Waals surface area (Å²) >= 11 is 1.39.